The minimum atomic E-state index is -0.277. The van der Waals surface area contributed by atoms with Crippen LogP contribution in [-0.4, -0.2) is 43.3 Å². The number of nitrogens with one attached hydrogen (secondary N) is 2. The van der Waals surface area contributed by atoms with Crippen LogP contribution in [0.1, 0.15) is 51.4 Å². The SMILES string of the molecule is CCOCCCN1C(=O)c2ccccc2C1Nc1ccc(C(=O)NCc2ccc3c(c2)OCO3)cc1. The molecule has 2 amide bonds. The van der Waals surface area contributed by atoms with E-state index in [1.807, 2.05) is 66.4 Å². The number of benzene rings is 3. The van der Waals surface area contributed by atoms with Gasteiger partial charge in [-0.2, -0.15) is 0 Å². The summed E-state index contributed by atoms with van der Waals surface area (Å²) in [5, 5.41) is 6.41. The van der Waals surface area contributed by atoms with Gasteiger partial charge in [-0.25, -0.2) is 0 Å². The van der Waals surface area contributed by atoms with Crippen molar-refractivity contribution in [2.24, 2.45) is 0 Å². The minimum absolute atomic E-state index is 0.0131. The molecule has 3 aromatic carbocycles. The fourth-order valence-corrected chi connectivity index (χ4v) is 4.45. The molecule has 1 atom stereocenters. The molecule has 0 fully saturated rings. The lowest BCUT2D eigenvalue weighted by molar-refractivity contribution is 0.0708. The Morgan fingerprint density at radius 2 is 1.86 bits per heavy atom. The van der Waals surface area contributed by atoms with Crippen LogP contribution in [0.5, 0.6) is 11.5 Å². The first-order valence-corrected chi connectivity index (χ1v) is 12.1. The molecule has 5 rings (SSSR count). The molecule has 2 aliphatic heterocycles. The van der Waals surface area contributed by atoms with E-state index in [0.29, 0.717) is 48.9 Å². The van der Waals surface area contributed by atoms with E-state index < -0.39 is 0 Å². The largest absolute Gasteiger partial charge is 0.454 e. The lowest BCUT2D eigenvalue weighted by Crippen LogP contribution is -2.33. The predicted molar refractivity (Wildman–Crippen MR) is 135 cm³/mol. The third-order valence-electron chi connectivity index (χ3n) is 6.29. The van der Waals surface area contributed by atoms with Gasteiger partial charge in [-0.3, -0.25) is 9.59 Å². The molecule has 0 bridgehead atoms. The van der Waals surface area contributed by atoms with Crippen molar-refractivity contribution in [3.8, 4) is 11.5 Å². The van der Waals surface area contributed by atoms with E-state index >= 15 is 0 Å². The van der Waals surface area contributed by atoms with Gasteiger partial charge in [0.25, 0.3) is 11.8 Å². The summed E-state index contributed by atoms with van der Waals surface area (Å²) in [6.07, 6.45) is 0.481. The van der Waals surface area contributed by atoms with Crippen molar-refractivity contribution in [3.63, 3.8) is 0 Å². The highest BCUT2D eigenvalue weighted by molar-refractivity contribution is 5.99. The minimum Gasteiger partial charge on any atom is -0.454 e. The molecular formula is C28H29N3O5. The third kappa shape index (κ3) is 4.99. The van der Waals surface area contributed by atoms with Gasteiger partial charge in [-0.05, 0) is 61.4 Å². The second-order valence-electron chi connectivity index (χ2n) is 8.63. The first-order chi connectivity index (χ1) is 17.6. The number of carbonyl (C=O) groups excluding carboxylic acids is 2. The van der Waals surface area contributed by atoms with Gasteiger partial charge in [0.1, 0.15) is 6.17 Å². The molecule has 2 aliphatic rings. The second kappa shape index (κ2) is 10.7. The lowest BCUT2D eigenvalue weighted by atomic mass is 10.1. The first kappa shape index (κ1) is 23.7. The highest BCUT2D eigenvalue weighted by Crippen LogP contribution is 2.35. The Hall–Kier alpha value is -4.04. The van der Waals surface area contributed by atoms with Crippen LogP contribution >= 0.6 is 0 Å². The molecule has 8 nitrogen and oxygen atoms in total. The van der Waals surface area contributed by atoms with Crippen LogP contribution in [0.15, 0.2) is 66.7 Å². The normalized spacial score (nSPS) is 15.6. The molecule has 8 heteroatoms. The Kier molecular flexibility index (Phi) is 7.04. The molecule has 0 aliphatic carbocycles. The summed E-state index contributed by atoms with van der Waals surface area (Å²) in [4.78, 5) is 27.6. The number of hydrogen-bond acceptors (Lipinski definition) is 6. The van der Waals surface area contributed by atoms with Gasteiger partial charge in [0.2, 0.25) is 6.79 Å². The zero-order chi connectivity index (χ0) is 24.9. The molecular weight excluding hydrogens is 458 g/mol. The molecule has 1 unspecified atom stereocenters. The monoisotopic (exact) mass is 487 g/mol. The van der Waals surface area contributed by atoms with Crippen molar-refractivity contribution in [2.75, 3.05) is 31.9 Å². The van der Waals surface area contributed by atoms with E-state index in [0.717, 1.165) is 23.2 Å². The molecule has 2 heterocycles. The Bertz CT molecular complexity index is 1240. The van der Waals surface area contributed by atoms with Gasteiger partial charge >= 0.3 is 0 Å². The Balaban J connectivity index is 1.23. The lowest BCUT2D eigenvalue weighted by Gasteiger charge is -2.27. The summed E-state index contributed by atoms with van der Waals surface area (Å²) in [5.41, 5.74) is 3.97. The van der Waals surface area contributed by atoms with Crippen molar-refractivity contribution in [1.29, 1.82) is 0 Å². The molecule has 0 saturated carbocycles. The number of anilines is 1. The summed E-state index contributed by atoms with van der Waals surface area (Å²) < 4.78 is 16.2. The summed E-state index contributed by atoms with van der Waals surface area (Å²) >= 11 is 0. The van der Waals surface area contributed by atoms with Crippen LogP contribution in [0.4, 0.5) is 5.69 Å². The van der Waals surface area contributed by atoms with E-state index in [1.54, 1.807) is 12.1 Å². The Morgan fingerprint density at radius 1 is 1.06 bits per heavy atom. The van der Waals surface area contributed by atoms with Crippen molar-refractivity contribution in [1.82, 2.24) is 10.2 Å². The molecule has 3 aromatic rings. The maximum Gasteiger partial charge on any atom is 0.256 e. The van der Waals surface area contributed by atoms with Crippen LogP contribution in [0.25, 0.3) is 0 Å². The van der Waals surface area contributed by atoms with E-state index in [9.17, 15) is 9.59 Å². The second-order valence-corrected chi connectivity index (χ2v) is 8.63. The van der Waals surface area contributed by atoms with E-state index in [-0.39, 0.29) is 24.8 Å². The molecule has 36 heavy (non-hydrogen) atoms. The number of ether oxygens (including phenoxy) is 3. The first-order valence-electron chi connectivity index (χ1n) is 12.1. The number of rotatable bonds is 10. The zero-order valence-electron chi connectivity index (χ0n) is 20.2. The Morgan fingerprint density at radius 3 is 2.69 bits per heavy atom. The topological polar surface area (TPSA) is 89.1 Å². The number of hydrogen-bond donors (Lipinski definition) is 2. The highest BCUT2D eigenvalue weighted by atomic mass is 16.7. The third-order valence-corrected chi connectivity index (χ3v) is 6.29. The molecule has 0 spiro atoms. The number of fused-ring (bicyclic) bond motifs is 2. The molecule has 0 radical (unpaired) electrons. The van der Waals surface area contributed by atoms with Gasteiger partial charge in [-0.1, -0.05) is 24.3 Å². The van der Waals surface area contributed by atoms with Crippen molar-refractivity contribution in [3.05, 3.63) is 89.0 Å². The zero-order valence-corrected chi connectivity index (χ0v) is 20.2. The predicted octanol–water partition coefficient (Wildman–Crippen LogP) is 4.34. The van der Waals surface area contributed by atoms with Gasteiger partial charge in [0.05, 0.1) is 0 Å². The van der Waals surface area contributed by atoms with Gasteiger partial charge in [0, 0.05) is 48.7 Å². The molecule has 2 N–H and O–H groups in total. The summed E-state index contributed by atoms with van der Waals surface area (Å²) in [7, 11) is 0. The highest BCUT2D eigenvalue weighted by Gasteiger charge is 2.36. The number of nitrogens with zero attached hydrogens (tertiary/aromatic N) is 1. The van der Waals surface area contributed by atoms with Crippen LogP contribution < -0.4 is 20.1 Å². The van der Waals surface area contributed by atoms with Crippen LogP contribution in [0.2, 0.25) is 0 Å². The quantitative estimate of drug-likeness (QED) is 0.414. The maximum absolute atomic E-state index is 13.0. The van der Waals surface area contributed by atoms with Crippen LogP contribution in [0.3, 0.4) is 0 Å². The molecule has 0 saturated heterocycles. The maximum atomic E-state index is 13.0. The van der Waals surface area contributed by atoms with Crippen molar-refractivity contribution < 1.29 is 23.8 Å². The summed E-state index contributed by atoms with van der Waals surface area (Å²) in [5.74, 6) is 1.25. The van der Waals surface area contributed by atoms with Gasteiger partial charge < -0.3 is 29.7 Å². The number of amides is 2. The van der Waals surface area contributed by atoms with Gasteiger partial charge in [0.15, 0.2) is 11.5 Å². The van der Waals surface area contributed by atoms with Crippen molar-refractivity contribution >= 4 is 17.5 Å². The van der Waals surface area contributed by atoms with E-state index in [4.69, 9.17) is 14.2 Å². The standard InChI is InChI=1S/C28H29N3O5/c1-2-34-15-5-14-31-26(22-6-3-4-7-23(22)28(31)33)30-21-11-9-20(10-12-21)27(32)29-17-19-8-13-24-25(16-19)36-18-35-24/h3-4,6-13,16,26,30H,2,5,14-15,17-18H2,1H3,(H,29,32). The van der Waals surface area contributed by atoms with E-state index in [1.165, 1.54) is 0 Å². The van der Waals surface area contributed by atoms with Crippen LogP contribution in [0, 0.1) is 0 Å². The fourth-order valence-electron chi connectivity index (χ4n) is 4.45. The average molecular weight is 488 g/mol. The summed E-state index contributed by atoms with van der Waals surface area (Å²) in [6, 6.07) is 20.6. The average Bonchev–Trinajstić information content (AvgIpc) is 3.48. The van der Waals surface area contributed by atoms with Crippen LogP contribution in [-0.2, 0) is 11.3 Å². The Labute approximate surface area is 210 Å². The van der Waals surface area contributed by atoms with E-state index in [2.05, 4.69) is 10.6 Å². The smallest absolute Gasteiger partial charge is 0.256 e. The number of carbonyl (C=O) groups is 2. The fraction of sp³-hybridized carbons (Fsp3) is 0.286. The van der Waals surface area contributed by atoms with Crippen molar-refractivity contribution in [2.45, 2.75) is 26.1 Å². The summed E-state index contributed by atoms with van der Waals surface area (Å²) in [6.45, 7) is 4.42. The van der Waals surface area contributed by atoms with Gasteiger partial charge in [-0.15, -0.1) is 0 Å². The molecule has 186 valence electrons. The molecule has 0 aromatic heterocycles.